The van der Waals surface area contributed by atoms with E-state index in [1.807, 2.05) is 10.9 Å². The molecule has 0 radical (unpaired) electrons. The number of amides is 2. The van der Waals surface area contributed by atoms with Gasteiger partial charge in [0.2, 0.25) is 0 Å². The van der Waals surface area contributed by atoms with Crippen molar-refractivity contribution in [3.05, 3.63) is 12.4 Å². The Balaban J connectivity index is 1.23. The van der Waals surface area contributed by atoms with E-state index in [4.69, 9.17) is 4.74 Å². The van der Waals surface area contributed by atoms with Gasteiger partial charge >= 0.3 is 6.03 Å². The molecule has 2 amide bonds. The Morgan fingerprint density at radius 1 is 1.30 bits per heavy atom. The van der Waals surface area contributed by atoms with Gasteiger partial charge in [0, 0.05) is 31.4 Å². The van der Waals surface area contributed by atoms with Crippen LogP contribution in [0.1, 0.15) is 51.9 Å². The summed E-state index contributed by atoms with van der Waals surface area (Å²) in [5, 5.41) is 10.4. The summed E-state index contributed by atoms with van der Waals surface area (Å²) in [6, 6.07) is 0.832. The molecule has 0 bridgehead atoms. The monoisotopic (exact) mass is 375 g/mol. The molecule has 3 fully saturated rings. The summed E-state index contributed by atoms with van der Waals surface area (Å²) >= 11 is 0. The van der Waals surface area contributed by atoms with Crippen LogP contribution in [0.4, 0.5) is 10.5 Å². The van der Waals surface area contributed by atoms with E-state index in [9.17, 15) is 4.79 Å². The van der Waals surface area contributed by atoms with Gasteiger partial charge in [0.1, 0.15) is 0 Å². The van der Waals surface area contributed by atoms with Gasteiger partial charge in [-0.05, 0) is 57.9 Å². The summed E-state index contributed by atoms with van der Waals surface area (Å²) in [7, 11) is 0. The predicted octanol–water partition coefficient (Wildman–Crippen LogP) is 2.84. The lowest BCUT2D eigenvalue weighted by atomic mass is 9.86. The third kappa shape index (κ3) is 4.82. The minimum Gasteiger partial charge on any atom is -0.376 e. The minimum absolute atomic E-state index is 0.139. The van der Waals surface area contributed by atoms with Crippen LogP contribution >= 0.6 is 0 Å². The van der Waals surface area contributed by atoms with E-state index >= 15 is 0 Å². The van der Waals surface area contributed by atoms with Crippen molar-refractivity contribution in [2.75, 3.05) is 25.0 Å². The third-order valence-corrected chi connectivity index (χ3v) is 6.45. The molecular formula is C20H33N5O2. The van der Waals surface area contributed by atoms with Crippen molar-refractivity contribution >= 4 is 11.7 Å². The second-order valence-electron chi connectivity index (χ2n) is 8.46. The van der Waals surface area contributed by atoms with Crippen molar-refractivity contribution in [1.29, 1.82) is 0 Å². The van der Waals surface area contributed by atoms with Crippen LogP contribution in [0.2, 0.25) is 0 Å². The van der Waals surface area contributed by atoms with Gasteiger partial charge in [-0.1, -0.05) is 6.42 Å². The average molecular weight is 376 g/mol. The number of ether oxygens (including phenoxy) is 1. The fraction of sp³-hybridized carbons (Fsp3) is 0.800. The first kappa shape index (κ1) is 18.7. The Hall–Kier alpha value is -1.60. The number of anilines is 1. The lowest BCUT2D eigenvalue weighted by molar-refractivity contribution is 0.0681. The molecule has 150 valence electrons. The molecule has 0 aromatic carbocycles. The Labute approximate surface area is 161 Å². The lowest BCUT2D eigenvalue weighted by Crippen LogP contribution is -2.51. The maximum absolute atomic E-state index is 12.4. The van der Waals surface area contributed by atoms with E-state index in [1.54, 1.807) is 6.20 Å². The van der Waals surface area contributed by atoms with Gasteiger partial charge in [-0.25, -0.2) is 4.79 Å². The highest BCUT2D eigenvalue weighted by molar-refractivity contribution is 5.89. The molecule has 3 aliphatic rings. The first-order valence-electron chi connectivity index (χ1n) is 10.6. The molecule has 27 heavy (non-hydrogen) atoms. The van der Waals surface area contributed by atoms with Gasteiger partial charge < -0.3 is 20.3 Å². The summed E-state index contributed by atoms with van der Waals surface area (Å²) in [4.78, 5) is 15.0. The van der Waals surface area contributed by atoms with E-state index in [0.29, 0.717) is 5.92 Å². The summed E-state index contributed by atoms with van der Waals surface area (Å²) in [6.07, 6.45) is 12.6. The second-order valence-corrected chi connectivity index (χ2v) is 8.46. The number of likely N-dealkylation sites (tertiary alicyclic amines) is 1. The smallest absolute Gasteiger partial charge is 0.319 e. The number of hydrogen-bond acceptors (Lipinski definition) is 4. The molecular weight excluding hydrogens is 342 g/mol. The van der Waals surface area contributed by atoms with Crippen molar-refractivity contribution in [2.45, 2.75) is 76.6 Å². The van der Waals surface area contributed by atoms with Crippen LogP contribution in [-0.4, -0.2) is 58.6 Å². The molecule has 2 aliphatic heterocycles. The van der Waals surface area contributed by atoms with Crippen LogP contribution in [0.5, 0.6) is 0 Å². The number of aromatic nitrogens is 2. The quantitative estimate of drug-likeness (QED) is 0.802. The predicted molar refractivity (Wildman–Crippen MR) is 105 cm³/mol. The maximum atomic E-state index is 12.4. The Bertz CT molecular complexity index is 624. The van der Waals surface area contributed by atoms with Crippen LogP contribution in [0.3, 0.4) is 0 Å². The van der Waals surface area contributed by atoms with Crippen LogP contribution in [0.15, 0.2) is 12.4 Å². The third-order valence-electron chi connectivity index (χ3n) is 6.45. The van der Waals surface area contributed by atoms with Gasteiger partial charge in [-0.15, -0.1) is 0 Å². The van der Waals surface area contributed by atoms with Gasteiger partial charge in [0.05, 0.1) is 24.5 Å². The van der Waals surface area contributed by atoms with E-state index in [1.165, 1.54) is 38.6 Å². The molecule has 1 aromatic heterocycles. The van der Waals surface area contributed by atoms with E-state index in [-0.39, 0.29) is 18.2 Å². The van der Waals surface area contributed by atoms with Gasteiger partial charge in [0.25, 0.3) is 0 Å². The number of nitrogens with one attached hydrogen (secondary N) is 2. The summed E-state index contributed by atoms with van der Waals surface area (Å²) in [6.45, 7) is 6.07. The number of nitrogens with zero attached hydrogens (tertiary/aromatic N) is 3. The largest absolute Gasteiger partial charge is 0.376 e. The fourth-order valence-electron chi connectivity index (χ4n) is 4.55. The molecule has 0 spiro atoms. The number of carbonyl (C=O) groups is 1. The molecule has 1 aliphatic carbocycles. The van der Waals surface area contributed by atoms with Crippen molar-refractivity contribution < 1.29 is 9.53 Å². The summed E-state index contributed by atoms with van der Waals surface area (Å²) < 4.78 is 7.49. The van der Waals surface area contributed by atoms with Crippen molar-refractivity contribution in [3.63, 3.8) is 0 Å². The molecule has 1 saturated carbocycles. The average Bonchev–Trinajstić information content (AvgIpc) is 3.26. The SMILES string of the molecule is CC(NC(=O)Nc1cnn(CC2CCCO2)c1)C1CCCN(C2CCC2)C1. The van der Waals surface area contributed by atoms with Crippen molar-refractivity contribution in [2.24, 2.45) is 5.92 Å². The van der Waals surface area contributed by atoms with Gasteiger partial charge in [-0.3, -0.25) is 4.68 Å². The van der Waals surface area contributed by atoms with Crippen molar-refractivity contribution in [3.8, 4) is 0 Å². The van der Waals surface area contributed by atoms with Crippen LogP contribution in [0.25, 0.3) is 0 Å². The lowest BCUT2D eigenvalue weighted by Gasteiger charge is -2.43. The zero-order valence-electron chi connectivity index (χ0n) is 16.4. The summed E-state index contributed by atoms with van der Waals surface area (Å²) in [5.41, 5.74) is 0.734. The molecule has 7 heteroatoms. The molecule has 2 saturated heterocycles. The number of carbonyl (C=O) groups excluding carboxylic acids is 1. The number of piperidine rings is 1. The fourth-order valence-corrected chi connectivity index (χ4v) is 4.55. The molecule has 1 aromatic rings. The Morgan fingerprint density at radius 3 is 2.93 bits per heavy atom. The first-order valence-corrected chi connectivity index (χ1v) is 10.6. The Kier molecular flexibility index (Phi) is 5.98. The zero-order valence-corrected chi connectivity index (χ0v) is 16.4. The van der Waals surface area contributed by atoms with E-state index in [0.717, 1.165) is 44.3 Å². The first-order chi connectivity index (χ1) is 13.2. The maximum Gasteiger partial charge on any atom is 0.319 e. The number of rotatable bonds is 6. The molecule has 3 unspecified atom stereocenters. The van der Waals surface area contributed by atoms with Gasteiger partial charge in [0.15, 0.2) is 0 Å². The molecule has 3 atom stereocenters. The molecule has 3 heterocycles. The van der Waals surface area contributed by atoms with Crippen LogP contribution in [-0.2, 0) is 11.3 Å². The zero-order chi connectivity index (χ0) is 18.6. The Morgan fingerprint density at radius 2 is 2.19 bits per heavy atom. The van der Waals surface area contributed by atoms with E-state index in [2.05, 4.69) is 27.6 Å². The molecule has 4 rings (SSSR count). The van der Waals surface area contributed by atoms with Crippen molar-refractivity contribution in [1.82, 2.24) is 20.0 Å². The number of hydrogen-bond donors (Lipinski definition) is 2. The van der Waals surface area contributed by atoms with Gasteiger partial charge in [-0.2, -0.15) is 5.10 Å². The van der Waals surface area contributed by atoms with Crippen LogP contribution in [0, 0.1) is 5.92 Å². The topological polar surface area (TPSA) is 71.4 Å². The highest BCUT2D eigenvalue weighted by Gasteiger charge is 2.31. The normalized spacial score (nSPS) is 27.9. The molecule has 2 N–H and O–H groups in total. The van der Waals surface area contributed by atoms with Crippen LogP contribution < -0.4 is 10.6 Å². The number of urea groups is 1. The highest BCUT2D eigenvalue weighted by atomic mass is 16.5. The highest BCUT2D eigenvalue weighted by Crippen LogP contribution is 2.30. The summed E-state index contributed by atoms with van der Waals surface area (Å²) in [5.74, 6) is 0.535. The minimum atomic E-state index is -0.139. The second kappa shape index (κ2) is 8.61. The van der Waals surface area contributed by atoms with E-state index < -0.39 is 0 Å². The standard InChI is InChI=1S/C20H33N5O2/c1-15(16-5-3-9-24(12-16)18-6-2-7-18)22-20(26)23-17-11-21-25(13-17)14-19-8-4-10-27-19/h11,13,15-16,18-19H,2-10,12,14H2,1H3,(H2,22,23,26). The molecule has 7 nitrogen and oxygen atoms in total.